The van der Waals surface area contributed by atoms with Crippen LogP contribution >= 0.6 is 0 Å². The van der Waals surface area contributed by atoms with Crippen molar-refractivity contribution in [2.24, 2.45) is 0 Å². The molecule has 5 heteroatoms. The number of nitrogens with zero attached hydrogens (tertiary/aromatic N) is 2. The van der Waals surface area contributed by atoms with Crippen molar-refractivity contribution in [3.8, 4) is 23.6 Å². The number of ether oxygens (including phenoxy) is 2. The summed E-state index contributed by atoms with van der Waals surface area (Å²) in [5, 5.41) is 19.8. The van der Waals surface area contributed by atoms with Crippen LogP contribution in [0.5, 0.6) is 11.5 Å². The predicted octanol–water partition coefficient (Wildman–Crippen LogP) is 4.03. The van der Waals surface area contributed by atoms with Gasteiger partial charge in [0.05, 0.1) is 14.2 Å². The number of hydrogen-bond acceptors (Lipinski definition) is 4. The normalized spacial score (nSPS) is 9.92. The number of nitrogens with one attached hydrogen (secondary N) is 1. The Balaban J connectivity index is 2.28. The van der Waals surface area contributed by atoms with Gasteiger partial charge in [-0.1, -0.05) is 12.1 Å². The molecule has 1 aromatic heterocycles. The van der Waals surface area contributed by atoms with E-state index < -0.39 is 0 Å². The summed E-state index contributed by atoms with van der Waals surface area (Å²) in [5.74, 6) is 1.41. The van der Waals surface area contributed by atoms with Crippen LogP contribution in [0.15, 0.2) is 54.2 Å². The van der Waals surface area contributed by atoms with Crippen molar-refractivity contribution in [1.82, 2.24) is 4.98 Å². The molecule has 0 bridgehead atoms. The molecule has 25 heavy (non-hydrogen) atoms. The van der Waals surface area contributed by atoms with Crippen LogP contribution in [0.4, 0.5) is 0 Å². The molecule has 0 saturated carbocycles. The highest BCUT2D eigenvalue weighted by Crippen LogP contribution is 2.34. The largest absolute Gasteiger partial charge is 0.497 e. The number of allylic oxidation sites excluding steroid dienone is 1. The summed E-state index contributed by atoms with van der Waals surface area (Å²) in [6.07, 6.45) is 1.80. The third-order valence-electron chi connectivity index (χ3n) is 4.01. The average molecular weight is 329 g/mol. The molecular weight excluding hydrogens is 314 g/mol. The Morgan fingerprint density at radius 2 is 1.56 bits per heavy atom. The van der Waals surface area contributed by atoms with E-state index in [0.29, 0.717) is 17.1 Å². The first kappa shape index (κ1) is 16.2. The molecule has 0 fully saturated rings. The van der Waals surface area contributed by atoms with Gasteiger partial charge in [0.25, 0.3) is 0 Å². The van der Waals surface area contributed by atoms with Crippen molar-refractivity contribution in [1.29, 1.82) is 10.5 Å². The lowest BCUT2D eigenvalue weighted by Crippen LogP contribution is -1.93. The number of aromatic amines is 1. The van der Waals surface area contributed by atoms with Crippen molar-refractivity contribution in [3.05, 3.63) is 65.4 Å². The van der Waals surface area contributed by atoms with Crippen LogP contribution in [0.1, 0.15) is 11.1 Å². The van der Waals surface area contributed by atoms with Crippen LogP contribution in [-0.4, -0.2) is 19.2 Å². The molecule has 0 atom stereocenters. The maximum absolute atomic E-state index is 9.44. The molecule has 0 saturated heterocycles. The molecule has 3 rings (SSSR count). The van der Waals surface area contributed by atoms with E-state index in [1.165, 1.54) is 0 Å². The zero-order chi connectivity index (χ0) is 17.8. The number of benzene rings is 2. The lowest BCUT2D eigenvalue weighted by Gasteiger charge is -2.09. The zero-order valence-electron chi connectivity index (χ0n) is 13.8. The first-order valence-electron chi connectivity index (χ1n) is 7.56. The van der Waals surface area contributed by atoms with Gasteiger partial charge in [0, 0.05) is 28.2 Å². The van der Waals surface area contributed by atoms with Crippen LogP contribution in [-0.2, 0) is 0 Å². The van der Waals surface area contributed by atoms with Crippen LogP contribution in [0.25, 0.3) is 16.5 Å². The second-order valence-corrected chi connectivity index (χ2v) is 5.32. The monoisotopic (exact) mass is 329 g/mol. The number of hydrogen-bond donors (Lipinski definition) is 1. The van der Waals surface area contributed by atoms with Crippen molar-refractivity contribution in [3.63, 3.8) is 0 Å². The highest BCUT2D eigenvalue weighted by atomic mass is 16.5. The molecule has 2 aromatic carbocycles. The summed E-state index contributed by atoms with van der Waals surface area (Å²) >= 11 is 0. The van der Waals surface area contributed by atoms with Gasteiger partial charge in [0.2, 0.25) is 0 Å². The van der Waals surface area contributed by atoms with Crippen molar-refractivity contribution >= 4 is 16.5 Å². The van der Waals surface area contributed by atoms with Crippen molar-refractivity contribution < 1.29 is 9.47 Å². The van der Waals surface area contributed by atoms with Crippen molar-refractivity contribution in [2.45, 2.75) is 0 Å². The minimum Gasteiger partial charge on any atom is -0.497 e. The van der Waals surface area contributed by atoms with Crippen LogP contribution in [0.2, 0.25) is 0 Å². The average Bonchev–Trinajstić information content (AvgIpc) is 3.08. The second-order valence-electron chi connectivity index (χ2n) is 5.32. The topological polar surface area (TPSA) is 81.8 Å². The number of aromatic nitrogens is 1. The molecule has 0 aliphatic carbocycles. The molecule has 5 nitrogen and oxygen atoms in total. The Morgan fingerprint density at radius 1 is 0.920 bits per heavy atom. The first-order chi connectivity index (χ1) is 12.2. The number of nitriles is 2. The van der Waals surface area contributed by atoms with Gasteiger partial charge in [-0.05, 0) is 35.9 Å². The van der Waals surface area contributed by atoms with Gasteiger partial charge >= 0.3 is 0 Å². The number of H-pyrrole nitrogens is 1. The standard InChI is InChI=1S/C20H15N3O2/c1-24-15-5-3-13(4-6-15)20(14(10-21)11-22)18-12-23-19-8-7-16(25-2)9-17(18)19/h3-9,12,23H,1-2H3. The molecule has 0 aliphatic rings. The highest BCUT2D eigenvalue weighted by molar-refractivity contribution is 6.00. The zero-order valence-corrected chi connectivity index (χ0v) is 13.8. The van der Waals surface area contributed by atoms with E-state index in [0.717, 1.165) is 22.0 Å². The van der Waals surface area contributed by atoms with Crippen LogP contribution in [0.3, 0.4) is 0 Å². The lowest BCUT2D eigenvalue weighted by molar-refractivity contribution is 0.415. The Morgan fingerprint density at radius 3 is 2.16 bits per heavy atom. The first-order valence-corrected chi connectivity index (χ1v) is 7.56. The maximum atomic E-state index is 9.44. The minimum absolute atomic E-state index is 0.0499. The summed E-state index contributed by atoms with van der Waals surface area (Å²) in [6, 6.07) is 16.9. The Labute approximate surface area is 145 Å². The van der Waals surface area contributed by atoms with Crippen LogP contribution in [0, 0.1) is 22.7 Å². The fourth-order valence-corrected chi connectivity index (χ4v) is 2.76. The molecule has 0 amide bonds. The minimum atomic E-state index is 0.0499. The lowest BCUT2D eigenvalue weighted by atomic mass is 9.93. The van der Waals surface area contributed by atoms with E-state index in [1.54, 1.807) is 32.5 Å². The molecule has 122 valence electrons. The van der Waals surface area contributed by atoms with E-state index in [2.05, 4.69) is 4.98 Å². The van der Waals surface area contributed by atoms with E-state index in [4.69, 9.17) is 9.47 Å². The summed E-state index contributed by atoms with van der Waals surface area (Å²) in [4.78, 5) is 3.18. The fraction of sp³-hybridized carbons (Fsp3) is 0.100. The molecule has 3 aromatic rings. The molecule has 0 radical (unpaired) electrons. The maximum Gasteiger partial charge on any atom is 0.138 e. The molecular formula is C20H15N3O2. The number of rotatable bonds is 4. The second kappa shape index (κ2) is 6.82. The van der Waals surface area contributed by atoms with Gasteiger partial charge in [-0.25, -0.2) is 0 Å². The third-order valence-corrected chi connectivity index (χ3v) is 4.01. The quantitative estimate of drug-likeness (QED) is 0.733. The van der Waals surface area contributed by atoms with E-state index in [-0.39, 0.29) is 5.57 Å². The number of methoxy groups -OCH3 is 2. The summed E-state index contributed by atoms with van der Waals surface area (Å²) in [7, 11) is 3.19. The predicted molar refractivity (Wildman–Crippen MR) is 95.1 cm³/mol. The molecule has 0 aliphatic heterocycles. The summed E-state index contributed by atoms with van der Waals surface area (Å²) in [6.45, 7) is 0. The van der Waals surface area contributed by atoms with Gasteiger partial charge in [0.1, 0.15) is 29.2 Å². The Hall–Kier alpha value is -3.70. The smallest absolute Gasteiger partial charge is 0.138 e. The van der Waals surface area contributed by atoms with E-state index >= 15 is 0 Å². The van der Waals surface area contributed by atoms with Gasteiger partial charge < -0.3 is 14.5 Å². The van der Waals surface area contributed by atoms with E-state index in [9.17, 15) is 10.5 Å². The highest BCUT2D eigenvalue weighted by Gasteiger charge is 2.17. The van der Waals surface area contributed by atoms with Gasteiger partial charge in [0.15, 0.2) is 0 Å². The van der Waals surface area contributed by atoms with Gasteiger partial charge in [-0.15, -0.1) is 0 Å². The van der Waals surface area contributed by atoms with E-state index in [1.807, 2.05) is 42.5 Å². The number of fused-ring (bicyclic) bond motifs is 1. The van der Waals surface area contributed by atoms with Gasteiger partial charge in [-0.2, -0.15) is 10.5 Å². The summed E-state index contributed by atoms with van der Waals surface area (Å²) < 4.78 is 10.5. The molecule has 1 N–H and O–H groups in total. The fourth-order valence-electron chi connectivity index (χ4n) is 2.76. The molecule has 1 heterocycles. The third kappa shape index (κ3) is 2.91. The molecule has 0 spiro atoms. The Bertz CT molecular complexity index is 1020. The van der Waals surface area contributed by atoms with Gasteiger partial charge in [-0.3, -0.25) is 0 Å². The molecule has 0 unspecified atom stereocenters. The van der Waals surface area contributed by atoms with Crippen molar-refractivity contribution in [2.75, 3.05) is 14.2 Å². The Kier molecular flexibility index (Phi) is 4.41. The van der Waals surface area contributed by atoms with Crippen LogP contribution < -0.4 is 9.47 Å². The SMILES string of the molecule is COc1ccc(C(=C(C#N)C#N)c2c[nH]c3ccc(OC)cc23)cc1. The summed E-state index contributed by atoms with van der Waals surface area (Å²) in [5.41, 5.74) is 3.07.